The van der Waals surface area contributed by atoms with Crippen molar-refractivity contribution in [3.05, 3.63) is 96.7 Å². The number of hydrogen-bond acceptors (Lipinski definition) is 1. The fourth-order valence-corrected chi connectivity index (χ4v) is 24.9. The number of benzene rings is 3. The average Bonchev–Trinajstić information content (AvgIpc) is 3.28. The minimum absolute atomic E-state index is 0.446. The second-order valence-electron chi connectivity index (χ2n) is 11.5. The molecule has 4 atom stereocenters. The van der Waals surface area contributed by atoms with Crippen LogP contribution in [0.5, 0.6) is 0 Å². The van der Waals surface area contributed by atoms with Gasteiger partial charge in [0.05, 0.1) is 0 Å². The Morgan fingerprint density at radius 1 is 0.886 bits per heavy atom. The quantitative estimate of drug-likeness (QED) is 0.162. The van der Waals surface area contributed by atoms with Crippen LogP contribution >= 0.6 is 0 Å². The van der Waals surface area contributed by atoms with E-state index in [2.05, 4.69) is 117 Å². The van der Waals surface area contributed by atoms with Crippen LogP contribution in [0.4, 0.5) is 0 Å². The van der Waals surface area contributed by atoms with Gasteiger partial charge in [-0.05, 0) is 0 Å². The van der Waals surface area contributed by atoms with Crippen molar-refractivity contribution in [2.24, 2.45) is 17.8 Å². The molecule has 1 fully saturated rings. The van der Waals surface area contributed by atoms with Crippen LogP contribution in [-0.2, 0) is 6.42 Å². The summed E-state index contributed by atoms with van der Waals surface area (Å²) in [5.41, 5.74) is 4.49. The number of nitrogens with zero attached hydrogens (tertiary/aromatic N) is 2. The molecule has 2 nitrogen and oxygen atoms in total. The summed E-state index contributed by atoms with van der Waals surface area (Å²) in [5, 5.41) is 5.45. The zero-order chi connectivity index (χ0) is 23.7. The van der Waals surface area contributed by atoms with Crippen molar-refractivity contribution in [2.75, 3.05) is 14.1 Å². The maximum atomic E-state index is 2.94. The first-order valence-corrected chi connectivity index (χ1v) is 19.4. The molecule has 35 heavy (non-hydrogen) atoms. The van der Waals surface area contributed by atoms with Crippen LogP contribution in [0, 0.1) is 17.8 Å². The van der Waals surface area contributed by atoms with Crippen molar-refractivity contribution in [3.63, 3.8) is 0 Å². The van der Waals surface area contributed by atoms with Crippen molar-refractivity contribution < 1.29 is 0 Å². The predicted octanol–water partition coefficient (Wildman–Crippen LogP) is 7.44. The first-order chi connectivity index (χ1) is 17.1. The fraction of sp³-hybridized carbons (Fsp3) is 0.312. The molecule has 0 saturated heterocycles. The third kappa shape index (κ3) is 3.22. The van der Waals surface area contributed by atoms with E-state index >= 15 is 0 Å². The molecule has 3 heteroatoms. The molecular weight excluding hydrogens is 617 g/mol. The first-order valence-electron chi connectivity index (χ1n) is 13.2. The Kier molecular flexibility index (Phi) is 5.15. The van der Waals surface area contributed by atoms with Crippen molar-refractivity contribution in [3.8, 4) is 11.3 Å². The summed E-state index contributed by atoms with van der Waals surface area (Å²) >= 11 is -2.67. The molecule has 3 aliphatic rings. The summed E-state index contributed by atoms with van der Waals surface area (Å²) in [5.74, 6) is 2.19. The normalized spacial score (nSPS) is 27.3. The van der Waals surface area contributed by atoms with Crippen LogP contribution in [0.25, 0.3) is 32.8 Å². The number of allylic oxidation sites excluding steroid dienone is 4. The zero-order valence-electron chi connectivity index (χ0n) is 21.0. The molecule has 1 saturated carbocycles. The summed E-state index contributed by atoms with van der Waals surface area (Å²) in [6.45, 7) is 2.68. The van der Waals surface area contributed by atoms with Gasteiger partial charge in [0.2, 0.25) is 0 Å². The Morgan fingerprint density at radius 3 is 2.29 bits per heavy atom. The molecule has 0 spiro atoms. The van der Waals surface area contributed by atoms with Gasteiger partial charge in [-0.3, -0.25) is 0 Å². The summed E-state index contributed by atoms with van der Waals surface area (Å²) < 4.78 is 6.10. The van der Waals surface area contributed by atoms with E-state index in [0.717, 1.165) is 11.8 Å². The van der Waals surface area contributed by atoms with Crippen molar-refractivity contribution in [1.82, 2.24) is 5.09 Å². The Bertz CT molecular complexity index is 1450. The minimum atomic E-state index is -2.67. The van der Waals surface area contributed by atoms with Crippen LogP contribution in [0.2, 0.25) is 2.97 Å². The fourth-order valence-electron chi connectivity index (χ4n) is 7.96. The van der Waals surface area contributed by atoms with Crippen LogP contribution in [-0.4, -0.2) is 42.5 Å². The van der Waals surface area contributed by atoms with E-state index in [0.29, 0.717) is 8.89 Å². The number of aromatic nitrogens is 1. The van der Waals surface area contributed by atoms with E-state index in [1.807, 2.05) is 0 Å². The molecule has 0 amide bonds. The topological polar surface area (TPSA) is 8.17 Å². The van der Waals surface area contributed by atoms with Crippen LogP contribution in [0.1, 0.15) is 25.5 Å². The first kappa shape index (κ1) is 22.1. The number of hydrogen-bond donors (Lipinski definition) is 0. The van der Waals surface area contributed by atoms with Crippen molar-refractivity contribution in [1.29, 1.82) is 0 Å². The molecule has 3 unspecified atom stereocenters. The molecule has 3 aromatic carbocycles. The Hall–Kier alpha value is -2.18. The zero-order valence-corrected chi connectivity index (χ0v) is 25.5. The second-order valence-corrected chi connectivity index (χ2v) is 25.5. The van der Waals surface area contributed by atoms with Gasteiger partial charge >= 0.3 is 219 Å². The molecule has 7 rings (SSSR count). The Morgan fingerprint density at radius 2 is 1.57 bits per heavy atom. The number of fused-ring (bicyclic) bond motifs is 6. The van der Waals surface area contributed by atoms with E-state index in [-0.39, 0.29) is 0 Å². The Balaban J connectivity index is 1.49. The molecular formula is C32H33N2Tl. The van der Waals surface area contributed by atoms with Crippen molar-refractivity contribution in [2.45, 2.75) is 29.2 Å². The van der Waals surface area contributed by atoms with Gasteiger partial charge in [-0.15, -0.1) is 0 Å². The van der Waals surface area contributed by atoms with E-state index < -0.39 is 23.3 Å². The molecule has 0 radical (unpaired) electrons. The molecule has 2 aliphatic carbocycles. The molecule has 174 valence electrons. The third-order valence-electron chi connectivity index (χ3n) is 9.41. The molecule has 0 bridgehead atoms. The summed E-state index contributed by atoms with van der Waals surface area (Å²) in [6.07, 6.45) is 13.6. The van der Waals surface area contributed by atoms with Crippen LogP contribution < -0.4 is 0 Å². The molecule has 0 N–H and O–H groups in total. The molecule has 1 aromatic heterocycles. The van der Waals surface area contributed by atoms with Crippen LogP contribution in [0.15, 0.2) is 91.0 Å². The summed E-state index contributed by atoms with van der Waals surface area (Å²) in [6, 6.07) is 25.3. The monoisotopic (exact) mass is 650 g/mol. The van der Waals surface area contributed by atoms with Gasteiger partial charge in [0, 0.05) is 0 Å². The maximum absolute atomic E-state index is 2.94. The molecule has 4 aromatic rings. The average molecular weight is 650 g/mol. The van der Waals surface area contributed by atoms with Crippen LogP contribution in [0.3, 0.4) is 0 Å². The van der Waals surface area contributed by atoms with E-state index in [9.17, 15) is 0 Å². The Labute approximate surface area is 217 Å². The second kappa shape index (κ2) is 8.17. The van der Waals surface area contributed by atoms with Gasteiger partial charge < -0.3 is 0 Å². The summed E-state index contributed by atoms with van der Waals surface area (Å²) in [7, 11) is 4.77. The molecule has 2 heterocycles. The van der Waals surface area contributed by atoms with E-state index in [4.69, 9.17) is 0 Å². The van der Waals surface area contributed by atoms with E-state index in [1.54, 1.807) is 5.69 Å². The third-order valence-corrected chi connectivity index (χ3v) is 24.9. The van der Waals surface area contributed by atoms with Crippen molar-refractivity contribution >= 4 is 44.8 Å². The van der Waals surface area contributed by atoms with Gasteiger partial charge in [0.15, 0.2) is 0 Å². The van der Waals surface area contributed by atoms with Gasteiger partial charge in [-0.1, -0.05) is 0 Å². The summed E-state index contributed by atoms with van der Waals surface area (Å²) in [4.78, 5) is 0. The standard InChI is InChI=1S/C30H27N.C2H6N.Tl/c1-20-14-15-21-8-2-5-11-25(21)28(20)19-24-16-17-29(31-24)30-26-12-6-3-9-22(26)18-23-10-4-7-13-27(23)30;1-3-2;/h2-13,16-18,21,25,28H,14-15,19H2,1H3;1-2H3;/q2*-1;+2. The molecule has 1 aliphatic heterocycles. The van der Waals surface area contributed by atoms with Gasteiger partial charge in [-0.2, -0.15) is 0 Å². The predicted molar refractivity (Wildman–Crippen MR) is 150 cm³/mol. The number of rotatable bonds is 2. The van der Waals surface area contributed by atoms with E-state index in [1.165, 1.54) is 52.1 Å². The van der Waals surface area contributed by atoms with Gasteiger partial charge in [-0.25, -0.2) is 0 Å². The SMILES string of the molecule is C[N](C)[Tl]1[n]2c(ccc2-c2c3ccccc3cc3ccccc23)CC2C3C=CC=CC3CC[C@]21C. The van der Waals surface area contributed by atoms with Gasteiger partial charge in [0.1, 0.15) is 0 Å². The van der Waals surface area contributed by atoms with Gasteiger partial charge in [0.25, 0.3) is 0 Å².